The number of nitrogens with one attached hydrogen (secondary N) is 2. The summed E-state index contributed by atoms with van der Waals surface area (Å²) in [7, 11) is 3.46. The van der Waals surface area contributed by atoms with Crippen LogP contribution in [0.5, 0.6) is 0 Å². The Balaban J connectivity index is 0.00000450. The van der Waals surface area contributed by atoms with Gasteiger partial charge in [0.1, 0.15) is 0 Å². The van der Waals surface area contributed by atoms with Crippen molar-refractivity contribution in [2.24, 2.45) is 4.99 Å². The average molecular weight is 528 g/mol. The topological polar surface area (TPSA) is 95.7 Å². The van der Waals surface area contributed by atoms with E-state index in [-0.39, 0.29) is 36.4 Å². The van der Waals surface area contributed by atoms with Crippen LogP contribution in [0.15, 0.2) is 40.0 Å². The van der Waals surface area contributed by atoms with Gasteiger partial charge in [0.05, 0.1) is 18.8 Å². The normalized spacial score (nSPS) is 11.2. The summed E-state index contributed by atoms with van der Waals surface area (Å²) in [6.45, 7) is 5.53. The Morgan fingerprint density at radius 3 is 2.67 bits per heavy atom. The number of aromatic nitrogens is 2. The number of aliphatic imine (C=N–C) groups is 1. The van der Waals surface area contributed by atoms with Gasteiger partial charge in [-0.3, -0.25) is 14.8 Å². The molecular formula is C21H33IN6O2. The van der Waals surface area contributed by atoms with Crippen LogP contribution in [0.2, 0.25) is 0 Å². The average Bonchev–Trinajstić information content (AvgIpc) is 3.22. The molecule has 166 valence electrons. The smallest absolute Gasteiger partial charge is 0.241 e. The molecule has 2 heterocycles. The third kappa shape index (κ3) is 8.29. The number of pyridine rings is 1. The first kappa shape index (κ1) is 25.9. The molecule has 0 spiro atoms. The van der Waals surface area contributed by atoms with Crippen LogP contribution >= 0.6 is 24.0 Å². The summed E-state index contributed by atoms with van der Waals surface area (Å²) in [5, 5.41) is 10.4. The Kier molecular flexibility index (Phi) is 12.0. The van der Waals surface area contributed by atoms with Crippen LogP contribution in [-0.4, -0.2) is 54.1 Å². The Morgan fingerprint density at radius 1 is 1.27 bits per heavy atom. The van der Waals surface area contributed by atoms with Gasteiger partial charge in [0.15, 0.2) is 11.7 Å². The number of amides is 1. The standard InChI is InChI=1S/C21H32N6O2.HI/c1-5-16(6-2)19-13-18(29-26-19)14-24-21(22-3)25-15-20(28)27(4)12-10-17-9-7-8-11-23-17;/h7-9,11,13,16H,5-6,10,12,14-15H2,1-4H3,(H2,22,24,25);1H. The molecule has 2 aromatic heterocycles. The Bertz CT molecular complexity index is 777. The maximum Gasteiger partial charge on any atom is 0.241 e. The molecule has 2 N–H and O–H groups in total. The first-order chi connectivity index (χ1) is 14.1. The lowest BCUT2D eigenvalue weighted by Gasteiger charge is -2.18. The Hall–Kier alpha value is -2.17. The van der Waals surface area contributed by atoms with E-state index in [1.54, 1.807) is 25.2 Å². The fraction of sp³-hybridized carbons (Fsp3) is 0.524. The molecule has 30 heavy (non-hydrogen) atoms. The van der Waals surface area contributed by atoms with Crippen molar-refractivity contribution in [3.63, 3.8) is 0 Å². The van der Waals surface area contributed by atoms with Crippen LogP contribution in [0.3, 0.4) is 0 Å². The van der Waals surface area contributed by atoms with Gasteiger partial charge in [-0.15, -0.1) is 24.0 Å². The van der Waals surface area contributed by atoms with Gasteiger partial charge in [-0.2, -0.15) is 0 Å². The second kappa shape index (κ2) is 13.9. The van der Waals surface area contributed by atoms with Crippen molar-refractivity contribution < 1.29 is 9.32 Å². The van der Waals surface area contributed by atoms with Crippen molar-refractivity contribution in [3.05, 3.63) is 47.6 Å². The maximum absolute atomic E-state index is 12.3. The quantitative estimate of drug-likeness (QED) is 0.280. The van der Waals surface area contributed by atoms with Gasteiger partial charge in [0.25, 0.3) is 0 Å². The number of hydrogen-bond donors (Lipinski definition) is 2. The van der Waals surface area contributed by atoms with Gasteiger partial charge >= 0.3 is 0 Å². The van der Waals surface area contributed by atoms with Crippen LogP contribution in [0.25, 0.3) is 0 Å². The van der Waals surface area contributed by atoms with Gasteiger partial charge < -0.3 is 20.1 Å². The van der Waals surface area contributed by atoms with E-state index in [9.17, 15) is 4.79 Å². The molecule has 0 unspecified atom stereocenters. The zero-order chi connectivity index (χ0) is 21.1. The van der Waals surface area contributed by atoms with Crippen LogP contribution in [0.1, 0.15) is 49.8 Å². The first-order valence-electron chi connectivity index (χ1n) is 10.1. The molecule has 9 heteroatoms. The van der Waals surface area contributed by atoms with E-state index < -0.39 is 0 Å². The molecule has 0 fully saturated rings. The highest BCUT2D eigenvalue weighted by Gasteiger charge is 2.14. The number of rotatable bonds is 10. The summed E-state index contributed by atoms with van der Waals surface area (Å²) in [6.07, 6.45) is 4.56. The summed E-state index contributed by atoms with van der Waals surface area (Å²) < 4.78 is 5.41. The molecule has 0 atom stereocenters. The van der Waals surface area contributed by atoms with E-state index in [0.29, 0.717) is 25.0 Å². The molecule has 0 bridgehead atoms. The van der Waals surface area contributed by atoms with Crippen molar-refractivity contribution >= 4 is 35.8 Å². The predicted octanol–water partition coefficient (Wildman–Crippen LogP) is 2.96. The van der Waals surface area contributed by atoms with E-state index in [2.05, 4.69) is 39.6 Å². The third-order valence-electron chi connectivity index (χ3n) is 4.90. The fourth-order valence-corrected chi connectivity index (χ4v) is 2.95. The lowest BCUT2D eigenvalue weighted by atomic mass is 9.99. The predicted molar refractivity (Wildman–Crippen MR) is 129 cm³/mol. The molecule has 0 aromatic carbocycles. The molecule has 2 aromatic rings. The van der Waals surface area contributed by atoms with Crippen molar-refractivity contribution in [1.29, 1.82) is 0 Å². The van der Waals surface area contributed by atoms with E-state index in [4.69, 9.17) is 4.52 Å². The van der Waals surface area contributed by atoms with Crippen LogP contribution < -0.4 is 10.6 Å². The van der Waals surface area contributed by atoms with Crippen LogP contribution in [0, 0.1) is 0 Å². The third-order valence-corrected chi connectivity index (χ3v) is 4.90. The Morgan fingerprint density at radius 2 is 2.03 bits per heavy atom. The summed E-state index contributed by atoms with van der Waals surface area (Å²) in [5.74, 6) is 1.69. The van der Waals surface area contributed by atoms with Crippen molar-refractivity contribution in [1.82, 2.24) is 25.7 Å². The highest BCUT2D eigenvalue weighted by atomic mass is 127. The molecule has 0 aliphatic heterocycles. The van der Waals surface area contributed by atoms with E-state index in [1.165, 1.54) is 0 Å². The molecule has 0 saturated heterocycles. The van der Waals surface area contributed by atoms with E-state index in [1.807, 2.05) is 24.3 Å². The number of halogens is 1. The van der Waals surface area contributed by atoms with Gasteiger partial charge in [0, 0.05) is 50.9 Å². The highest BCUT2D eigenvalue weighted by Crippen LogP contribution is 2.22. The van der Waals surface area contributed by atoms with Gasteiger partial charge in [0.2, 0.25) is 5.91 Å². The number of guanidine groups is 1. The number of hydrogen-bond acceptors (Lipinski definition) is 5. The summed E-state index contributed by atoms with van der Waals surface area (Å²) in [6, 6.07) is 7.77. The summed E-state index contributed by atoms with van der Waals surface area (Å²) in [5.41, 5.74) is 1.96. The van der Waals surface area contributed by atoms with Crippen molar-refractivity contribution in [3.8, 4) is 0 Å². The molecule has 0 saturated carbocycles. The second-order valence-electron chi connectivity index (χ2n) is 6.90. The van der Waals surface area contributed by atoms with Crippen molar-refractivity contribution in [2.75, 3.05) is 27.2 Å². The number of carbonyl (C=O) groups is 1. The zero-order valence-corrected chi connectivity index (χ0v) is 20.6. The van der Waals surface area contributed by atoms with Gasteiger partial charge in [-0.05, 0) is 25.0 Å². The maximum atomic E-state index is 12.3. The second-order valence-corrected chi connectivity index (χ2v) is 6.90. The molecular weight excluding hydrogens is 495 g/mol. The zero-order valence-electron chi connectivity index (χ0n) is 18.2. The number of nitrogens with zero attached hydrogens (tertiary/aromatic N) is 4. The minimum atomic E-state index is -0.0143. The molecule has 8 nitrogen and oxygen atoms in total. The molecule has 0 aliphatic rings. The lowest BCUT2D eigenvalue weighted by Crippen LogP contribution is -2.43. The molecule has 0 radical (unpaired) electrons. The summed E-state index contributed by atoms with van der Waals surface area (Å²) in [4.78, 5) is 22.5. The molecule has 0 aliphatic carbocycles. The minimum Gasteiger partial charge on any atom is -0.359 e. The minimum absolute atomic E-state index is 0. The number of likely N-dealkylation sites (N-methyl/N-ethyl adjacent to an activating group) is 1. The number of carbonyl (C=O) groups excluding carboxylic acids is 1. The van der Waals surface area contributed by atoms with Crippen LogP contribution in [0.4, 0.5) is 0 Å². The van der Waals surface area contributed by atoms with E-state index >= 15 is 0 Å². The van der Waals surface area contributed by atoms with Crippen molar-refractivity contribution in [2.45, 2.75) is 45.6 Å². The largest absolute Gasteiger partial charge is 0.359 e. The highest BCUT2D eigenvalue weighted by molar-refractivity contribution is 14.0. The first-order valence-corrected chi connectivity index (χ1v) is 10.1. The Labute approximate surface area is 195 Å². The SMILES string of the molecule is CCC(CC)c1cc(CNC(=NC)NCC(=O)N(C)CCc2ccccn2)on1.I. The molecule has 2 rings (SSSR count). The fourth-order valence-electron chi connectivity index (χ4n) is 2.95. The summed E-state index contributed by atoms with van der Waals surface area (Å²) >= 11 is 0. The monoisotopic (exact) mass is 528 g/mol. The lowest BCUT2D eigenvalue weighted by molar-refractivity contribution is -0.128. The van der Waals surface area contributed by atoms with Gasteiger partial charge in [-0.1, -0.05) is 25.1 Å². The van der Waals surface area contributed by atoms with E-state index in [0.717, 1.165) is 36.4 Å². The van der Waals surface area contributed by atoms with Crippen LogP contribution in [-0.2, 0) is 17.8 Å². The van der Waals surface area contributed by atoms with Gasteiger partial charge in [-0.25, -0.2) is 0 Å². The molecule has 1 amide bonds.